The fourth-order valence-electron chi connectivity index (χ4n) is 6.21. The number of sulfonamides is 1. The molecule has 0 bridgehead atoms. The molecule has 1 saturated heterocycles. The van der Waals surface area contributed by atoms with Crippen molar-refractivity contribution in [2.75, 3.05) is 13.1 Å². The Labute approximate surface area is 236 Å². The minimum absolute atomic E-state index is 0.0820. The van der Waals surface area contributed by atoms with Gasteiger partial charge in [0.1, 0.15) is 0 Å². The van der Waals surface area contributed by atoms with E-state index in [1.54, 1.807) is 18.2 Å². The number of carbonyl (C=O) groups excluding carboxylic acids is 1. The van der Waals surface area contributed by atoms with E-state index in [0.717, 1.165) is 41.5 Å². The molecule has 7 nitrogen and oxygen atoms in total. The lowest BCUT2D eigenvalue weighted by Gasteiger charge is -2.40. The quantitative estimate of drug-likeness (QED) is 0.417. The van der Waals surface area contributed by atoms with E-state index in [2.05, 4.69) is 4.72 Å². The van der Waals surface area contributed by atoms with Crippen LogP contribution in [0, 0.1) is 11.8 Å². The van der Waals surface area contributed by atoms with Gasteiger partial charge in [0.2, 0.25) is 15.9 Å². The highest BCUT2D eigenvalue weighted by Gasteiger charge is 2.37. The van der Waals surface area contributed by atoms with Crippen LogP contribution in [0.5, 0.6) is 0 Å². The normalized spacial score (nSPS) is 22.8. The van der Waals surface area contributed by atoms with Gasteiger partial charge in [0, 0.05) is 43.4 Å². The number of nitrogens with zero attached hydrogens (tertiary/aromatic N) is 2. The number of fused-ring (bicyclic) bond motifs is 1. The summed E-state index contributed by atoms with van der Waals surface area (Å²) < 4.78 is 31.5. The Hall–Kier alpha value is -2.39. The second kappa shape index (κ2) is 10.9. The first-order valence-electron chi connectivity index (χ1n) is 13.8. The van der Waals surface area contributed by atoms with Crippen molar-refractivity contribution in [3.05, 3.63) is 53.6 Å². The van der Waals surface area contributed by atoms with Crippen molar-refractivity contribution in [1.82, 2.24) is 14.2 Å². The molecule has 2 heterocycles. The van der Waals surface area contributed by atoms with E-state index in [9.17, 15) is 18.3 Å². The largest absolute Gasteiger partial charge is 0.390 e. The molecular formula is C30H38ClN3O4S. The first kappa shape index (κ1) is 28.1. The summed E-state index contributed by atoms with van der Waals surface area (Å²) in [4.78, 5) is 15.3. The summed E-state index contributed by atoms with van der Waals surface area (Å²) in [5.74, 6) is 0.133. The molecule has 0 spiro atoms. The number of amides is 1. The zero-order valence-electron chi connectivity index (χ0n) is 22.9. The van der Waals surface area contributed by atoms with Crippen molar-refractivity contribution in [3.8, 4) is 11.3 Å². The average Bonchev–Trinajstić information content (AvgIpc) is 3.17. The van der Waals surface area contributed by atoms with Gasteiger partial charge in [-0.2, -0.15) is 0 Å². The second-order valence-electron chi connectivity index (χ2n) is 11.7. The minimum atomic E-state index is -3.75. The first-order chi connectivity index (χ1) is 18.5. The maximum atomic E-state index is 13.4. The van der Waals surface area contributed by atoms with Gasteiger partial charge in [-0.15, -0.1) is 0 Å². The summed E-state index contributed by atoms with van der Waals surface area (Å²) in [6, 6.07) is 14.7. The maximum absolute atomic E-state index is 13.4. The molecular weight excluding hydrogens is 534 g/mol. The third kappa shape index (κ3) is 5.75. The number of rotatable bonds is 6. The molecule has 1 aliphatic carbocycles. The van der Waals surface area contributed by atoms with Gasteiger partial charge in [0.25, 0.3) is 0 Å². The molecule has 1 aliphatic heterocycles. The summed E-state index contributed by atoms with van der Waals surface area (Å²) >= 11 is 6.72. The molecule has 1 aromatic heterocycles. The molecule has 0 radical (unpaired) electrons. The van der Waals surface area contributed by atoms with Crippen LogP contribution in [0.2, 0.25) is 5.02 Å². The van der Waals surface area contributed by atoms with Gasteiger partial charge in [0.05, 0.1) is 26.7 Å². The molecule has 1 unspecified atom stereocenters. The standard InChI is InChI=1S/C30H38ClN3O4S/c1-30(2,36)22-10-7-17-34(19-22)29(35)21-11-13-23(14-12-21)32-39(37,38)24-15-16-25-26(18-24)33(3)28(27(25)31)20-8-5-4-6-9-20/h4-6,8-9,15-16,18,21-23,32,36H,7,10-14,17,19H2,1-3H3. The van der Waals surface area contributed by atoms with Crippen LogP contribution >= 0.6 is 11.6 Å². The number of aliphatic hydroxyl groups is 1. The van der Waals surface area contributed by atoms with E-state index in [-0.39, 0.29) is 28.7 Å². The Bertz CT molecular complexity index is 1450. The minimum Gasteiger partial charge on any atom is -0.390 e. The first-order valence-corrected chi connectivity index (χ1v) is 15.7. The predicted octanol–water partition coefficient (Wildman–Crippen LogP) is 5.35. The molecule has 1 saturated carbocycles. The Balaban J connectivity index is 1.25. The van der Waals surface area contributed by atoms with Crippen LogP contribution in [0.3, 0.4) is 0 Å². The number of piperidine rings is 1. The van der Waals surface area contributed by atoms with Crippen molar-refractivity contribution >= 4 is 38.4 Å². The number of hydrogen-bond acceptors (Lipinski definition) is 4. The highest BCUT2D eigenvalue weighted by molar-refractivity contribution is 7.89. The summed E-state index contributed by atoms with van der Waals surface area (Å²) in [7, 11) is -1.85. The predicted molar refractivity (Wildman–Crippen MR) is 155 cm³/mol. The lowest BCUT2D eigenvalue weighted by Crippen LogP contribution is -2.49. The third-order valence-corrected chi connectivity index (χ3v) is 10.5. The molecule has 5 rings (SSSR count). The van der Waals surface area contributed by atoms with Crippen LogP contribution in [-0.2, 0) is 21.9 Å². The highest BCUT2D eigenvalue weighted by Crippen LogP contribution is 2.38. The summed E-state index contributed by atoms with van der Waals surface area (Å²) in [6.07, 6.45) is 4.38. The third-order valence-electron chi connectivity index (χ3n) is 8.60. The van der Waals surface area contributed by atoms with Crippen LogP contribution in [0.4, 0.5) is 0 Å². The number of likely N-dealkylation sites (tertiary alicyclic amines) is 1. The van der Waals surface area contributed by atoms with Gasteiger partial charge in [-0.05, 0) is 76.1 Å². The monoisotopic (exact) mass is 571 g/mol. The van der Waals surface area contributed by atoms with E-state index < -0.39 is 15.6 Å². The van der Waals surface area contributed by atoms with Gasteiger partial charge in [0.15, 0.2) is 0 Å². The van der Waals surface area contributed by atoms with E-state index in [1.807, 2.05) is 60.7 Å². The zero-order valence-corrected chi connectivity index (χ0v) is 24.4. The van der Waals surface area contributed by atoms with Crippen molar-refractivity contribution in [3.63, 3.8) is 0 Å². The smallest absolute Gasteiger partial charge is 0.240 e. The fraction of sp³-hybridized carbons (Fsp3) is 0.500. The molecule has 1 atom stereocenters. The molecule has 2 aliphatic rings. The van der Waals surface area contributed by atoms with Crippen LogP contribution in [-0.4, -0.2) is 53.6 Å². The number of nitrogens with one attached hydrogen (secondary N) is 1. The Morgan fingerprint density at radius 1 is 1.05 bits per heavy atom. The van der Waals surface area contributed by atoms with Crippen molar-refractivity contribution in [1.29, 1.82) is 0 Å². The van der Waals surface area contributed by atoms with Gasteiger partial charge in [-0.1, -0.05) is 41.9 Å². The number of hydrogen-bond donors (Lipinski definition) is 2. The van der Waals surface area contributed by atoms with Crippen molar-refractivity contribution < 1.29 is 18.3 Å². The number of carbonyl (C=O) groups is 1. The van der Waals surface area contributed by atoms with Crippen molar-refractivity contribution in [2.24, 2.45) is 18.9 Å². The molecule has 1 amide bonds. The zero-order chi connectivity index (χ0) is 27.9. The molecule has 2 aromatic carbocycles. The molecule has 3 aromatic rings. The SMILES string of the molecule is Cn1c(-c2ccccc2)c(Cl)c2ccc(S(=O)(=O)NC3CCC(C(=O)N4CCCC(C(C)(C)O)C4)CC3)cc21. The summed E-state index contributed by atoms with van der Waals surface area (Å²) in [5.41, 5.74) is 1.77. The molecule has 2 N–H and O–H groups in total. The maximum Gasteiger partial charge on any atom is 0.240 e. The molecule has 2 fully saturated rings. The van der Waals surface area contributed by atoms with Crippen LogP contribution in [0.15, 0.2) is 53.4 Å². The van der Waals surface area contributed by atoms with Crippen LogP contribution < -0.4 is 4.72 Å². The number of benzene rings is 2. The Morgan fingerprint density at radius 3 is 2.41 bits per heavy atom. The number of aromatic nitrogens is 1. The van der Waals surface area contributed by atoms with E-state index >= 15 is 0 Å². The Kier molecular flexibility index (Phi) is 7.85. The average molecular weight is 572 g/mol. The van der Waals surface area contributed by atoms with E-state index in [1.165, 1.54) is 0 Å². The van der Waals surface area contributed by atoms with E-state index in [4.69, 9.17) is 11.6 Å². The van der Waals surface area contributed by atoms with Gasteiger partial charge < -0.3 is 14.6 Å². The van der Waals surface area contributed by atoms with Crippen molar-refractivity contribution in [2.45, 2.75) is 68.9 Å². The fourth-order valence-corrected chi connectivity index (χ4v) is 7.93. The number of halogens is 1. The van der Waals surface area contributed by atoms with Crippen LogP contribution in [0.25, 0.3) is 22.2 Å². The molecule has 39 heavy (non-hydrogen) atoms. The van der Waals surface area contributed by atoms with Gasteiger partial charge in [-0.3, -0.25) is 4.79 Å². The van der Waals surface area contributed by atoms with Gasteiger partial charge >= 0.3 is 0 Å². The lowest BCUT2D eigenvalue weighted by molar-refractivity contribution is -0.140. The van der Waals surface area contributed by atoms with E-state index in [0.29, 0.717) is 37.3 Å². The van der Waals surface area contributed by atoms with Crippen LogP contribution in [0.1, 0.15) is 52.4 Å². The lowest BCUT2D eigenvalue weighted by atomic mass is 9.82. The summed E-state index contributed by atoms with van der Waals surface area (Å²) in [5, 5.41) is 11.8. The topological polar surface area (TPSA) is 91.6 Å². The molecule has 9 heteroatoms. The van der Waals surface area contributed by atoms with Gasteiger partial charge in [-0.25, -0.2) is 13.1 Å². The highest BCUT2D eigenvalue weighted by atomic mass is 35.5. The second-order valence-corrected chi connectivity index (χ2v) is 13.8. The molecule has 210 valence electrons. The summed E-state index contributed by atoms with van der Waals surface area (Å²) in [6.45, 7) is 4.95. The number of aryl methyl sites for hydroxylation is 1. The Morgan fingerprint density at radius 2 is 1.74 bits per heavy atom.